The Balaban J connectivity index is 1.34. The molecule has 5 heteroatoms. The van der Waals surface area contributed by atoms with Crippen molar-refractivity contribution in [2.75, 3.05) is 5.32 Å². The van der Waals surface area contributed by atoms with E-state index in [1.165, 1.54) is 64.2 Å². The zero-order chi connectivity index (χ0) is 18.6. The molecular weight excluding hydrogens is 395 g/mol. The SMILES string of the molecule is S=C(Nc1ccc(Cl)cc1Cl)NC12C[C@H]3C[C@@H](C1)CC(C1CCCC1)(C3)C2. The Bertz CT molecular complexity index is 745. The molecule has 2 nitrogen and oxygen atoms in total. The van der Waals surface area contributed by atoms with Crippen molar-refractivity contribution in [1.29, 1.82) is 0 Å². The van der Waals surface area contributed by atoms with Gasteiger partial charge in [0.15, 0.2) is 5.11 Å². The molecule has 5 saturated carbocycles. The lowest BCUT2D eigenvalue weighted by Crippen LogP contribution is -2.64. The molecule has 2 N–H and O–H groups in total. The molecule has 146 valence electrons. The monoisotopic (exact) mass is 422 g/mol. The highest BCUT2D eigenvalue weighted by atomic mass is 35.5. The minimum Gasteiger partial charge on any atom is -0.357 e. The van der Waals surface area contributed by atoms with Gasteiger partial charge in [-0.1, -0.05) is 36.0 Å². The lowest BCUT2D eigenvalue weighted by atomic mass is 9.44. The third-order valence-corrected chi connectivity index (χ3v) is 8.64. The first kappa shape index (κ1) is 18.5. The zero-order valence-corrected chi connectivity index (χ0v) is 18.0. The van der Waals surface area contributed by atoms with Crippen LogP contribution in [0.3, 0.4) is 0 Å². The molecule has 0 amide bonds. The van der Waals surface area contributed by atoms with Crippen molar-refractivity contribution in [3.8, 4) is 0 Å². The largest absolute Gasteiger partial charge is 0.357 e. The minimum absolute atomic E-state index is 0.190. The first-order chi connectivity index (χ1) is 13.0. The van der Waals surface area contributed by atoms with Gasteiger partial charge in [-0.25, -0.2) is 0 Å². The standard InChI is InChI=1S/C22H28Cl2N2S/c23-17-5-6-19(18(24)8-17)25-20(27)26-22-11-14-7-15(12-22)10-21(9-14,13-22)16-3-1-2-4-16/h5-6,8,14-16H,1-4,7,9-13H2,(H2,25,26,27)/t14-,15+,21?,22?. The van der Waals surface area contributed by atoms with Gasteiger partial charge in [-0.05, 0) is 105 Å². The topological polar surface area (TPSA) is 24.1 Å². The molecule has 0 aliphatic heterocycles. The van der Waals surface area contributed by atoms with Crippen LogP contribution in [0.5, 0.6) is 0 Å². The molecule has 0 spiro atoms. The summed E-state index contributed by atoms with van der Waals surface area (Å²) in [7, 11) is 0. The second kappa shape index (κ2) is 6.78. The van der Waals surface area contributed by atoms with E-state index in [1.807, 2.05) is 12.1 Å². The Morgan fingerprint density at radius 2 is 1.74 bits per heavy atom. The second-order valence-electron chi connectivity index (χ2n) is 9.79. The van der Waals surface area contributed by atoms with Crippen molar-refractivity contribution in [2.24, 2.45) is 23.2 Å². The van der Waals surface area contributed by atoms with E-state index in [4.69, 9.17) is 35.4 Å². The van der Waals surface area contributed by atoms with Crippen molar-refractivity contribution in [3.63, 3.8) is 0 Å². The van der Waals surface area contributed by atoms with Crippen molar-refractivity contribution in [3.05, 3.63) is 28.2 Å². The predicted octanol–water partition coefficient (Wildman–Crippen LogP) is 6.81. The molecule has 1 aromatic carbocycles. The maximum atomic E-state index is 6.32. The highest BCUT2D eigenvalue weighted by molar-refractivity contribution is 7.80. The molecule has 0 heterocycles. The van der Waals surface area contributed by atoms with Gasteiger partial charge in [0, 0.05) is 10.6 Å². The van der Waals surface area contributed by atoms with Crippen LogP contribution < -0.4 is 10.6 Å². The molecule has 27 heavy (non-hydrogen) atoms. The fraction of sp³-hybridized carbons (Fsp3) is 0.682. The molecule has 0 saturated heterocycles. The van der Waals surface area contributed by atoms with E-state index in [2.05, 4.69) is 10.6 Å². The Hall–Kier alpha value is -0.510. The minimum atomic E-state index is 0.190. The van der Waals surface area contributed by atoms with Crippen molar-refractivity contribution < 1.29 is 0 Å². The van der Waals surface area contributed by atoms with E-state index in [0.717, 1.165) is 23.4 Å². The van der Waals surface area contributed by atoms with Gasteiger partial charge in [-0.2, -0.15) is 0 Å². The van der Waals surface area contributed by atoms with Crippen molar-refractivity contribution in [2.45, 2.75) is 69.7 Å². The van der Waals surface area contributed by atoms with E-state index < -0.39 is 0 Å². The molecule has 1 aromatic rings. The fourth-order valence-electron chi connectivity index (χ4n) is 7.48. The van der Waals surface area contributed by atoms with E-state index in [-0.39, 0.29) is 5.54 Å². The molecule has 5 aliphatic carbocycles. The summed E-state index contributed by atoms with van der Waals surface area (Å²) in [5.74, 6) is 2.74. The summed E-state index contributed by atoms with van der Waals surface area (Å²) in [6.07, 6.45) is 14.1. The molecule has 4 bridgehead atoms. The summed E-state index contributed by atoms with van der Waals surface area (Å²) in [5, 5.41) is 9.08. The third-order valence-electron chi connectivity index (χ3n) is 7.89. The number of hydrogen-bond acceptors (Lipinski definition) is 1. The quantitative estimate of drug-likeness (QED) is 0.522. The lowest BCUT2D eigenvalue weighted by molar-refractivity contribution is -0.104. The van der Waals surface area contributed by atoms with Gasteiger partial charge in [0.1, 0.15) is 0 Å². The smallest absolute Gasteiger partial charge is 0.171 e. The van der Waals surface area contributed by atoms with E-state index in [9.17, 15) is 0 Å². The van der Waals surface area contributed by atoms with Crippen molar-refractivity contribution >= 4 is 46.2 Å². The van der Waals surface area contributed by atoms with E-state index in [0.29, 0.717) is 20.6 Å². The molecule has 5 fully saturated rings. The number of rotatable bonds is 3. The summed E-state index contributed by atoms with van der Waals surface area (Å²) >= 11 is 18.1. The predicted molar refractivity (Wildman–Crippen MR) is 118 cm³/mol. The Morgan fingerprint density at radius 3 is 2.41 bits per heavy atom. The third kappa shape index (κ3) is 3.38. The van der Waals surface area contributed by atoms with Crippen LogP contribution in [-0.4, -0.2) is 10.7 Å². The molecular formula is C22H28Cl2N2S. The van der Waals surface area contributed by atoms with Gasteiger partial charge in [0.05, 0.1) is 10.7 Å². The van der Waals surface area contributed by atoms with Crippen LogP contribution in [0.4, 0.5) is 5.69 Å². The molecule has 6 rings (SSSR count). The first-order valence-electron chi connectivity index (χ1n) is 10.5. The number of thiocarbonyl (C=S) groups is 1. The van der Waals surface area contributed by atoms with Crippen LogP contribution >= 0.6 is 35.4 Å². The average Bonchev–Trinajstić information content (AvgIpc) is 3.11. The van der Waals surface area contributed by atoms with Crippen LogP contribution in [-0.2, 0) is 0 Å². The lowest BCUT2D eigenvalue weighted by Gasteiger charge is -2.64. The first-order valence-corrected chi connectivity index (χ1v) is 11.7. The second-order valence-corrected chi connectivity index (χ2v) is 11.0. The highest BCUT2D eigenvalue weighted by Crippen LogP contribution is 2.66. The summed E-state index contributed by atoms with van der Waals surface area (Å²) in [4.78, 5) is 0. The Morgan fingerprint density at radius 1 is 1.04 bits per heavy atom. The maximum Gasteiger partial charge on any atom is 0.171 e. The van der Waals surface area contributed by atoms with E-state index in [1.54, 1.807) is 6.07 Å². The maximum absolute atomic E-state index is 6.32. The number of hydrogen-bond donors (Lipinski definition) is 2. The van der Waals surface area contributed by atoms with Gasteiger partial charge in [0.2, 0.25) is 0 Å². The number of anilines is 1. The summed E-state index contributed by atoms with van der Waals surface area (Å²) in [6, 6.07) is 5.50. The number of benzene rings is 1. The molecule has 2 unspecified atom stereocenters. The van der Waals surface area contributed by atoms with Crippen LogP contribution in [0.2, 0.25) is 10.0 Å². The Labute approximate surface area is 177 Å². The molecule has 5 aliphatic rings. The van der Waals surface area contributed by atoms with Gasteiger partial charge < -0.3 is 10.6 Å². The average molecular weight is 423 g/mol. The van der Waals surface area contributed by atoms with Crippen molar-refractivity contribution in [1.82, 2.24) is 5.32 Å². The Kier molecular flexibility index (Phi) is 4.65. The zero-order valence-electron chi connectivity index (χ0n) is 15.7. The summed E-state index contributed by atoms with van der Waals surface area (Å²) < 4.78 is 0. The van der Waals surface area contributed by atoms with E-state index >= 15 is 0 Å². The molecule has 0 radical (unpaired) electrons. The fourth-order valence-corrected chi connectivity index (χ4v) is 8.26. The highest BCUT2D eigenvalue weighted by Gasteiger charge is 2.60. The number of halogens is 2. The van der Waals surface area contributed by atoms with Crippen LogP contribution in [0.1, 0.15) is 64.2 Å². The normalized spacial score (nSPS) is 37.6. The van der Waals surface area contributed by atoms with Crippen LogP contribution in [0, 0.1) is 23.2 Å². The van der Waals surface area contributed by atoms with Gasteiger partial charge in [0.25, 0.3) is 0 Å². The summed E-state index contributed by atoms with van der Waals surface area (Å²) in [6.45, 7) is 0. The molecule has 0 aromatic heterocycles. The van der Waals surface area contributed by atoms with Gasteiger partial charge in [-0.15, -0.1) is 0 Å². The van der Waals surface area contributed by atoms with Crippen LogP contribution in [0.25, 0.3) is 0 Å². The van der Waals surface area contributed by atoms with Gasteiger partial charge >= 0.3 is 0 Å². The van der Waals surface area contributed by atoms with Crippen LogP contribution in [0.15, 0.2) is 18.2 Å². The summed E-state index contributed by atoms with van der Waals surface area (Å²) in [5.41, 5.74) is 1.60. The number of nitrogens with one attached hydrogen (secondary N) is 2. The molecule has 4 atom stereocenters. The van der Waals surface area contributed by atoms with Gasteiger partial charge in [-0.3, -0.25) is 0 Å².